The molecule has 7 nitrogen and oxygen atoms in total. The van der Waals surface area contributed by atoms with E-state index in [9.17, 15) is 0 Å². The van der Waals surface area contributed by atoms with E-state index in [1.807, 2.05) is 12.1 Å². The number of nitrogens with zero attached hydrogens (tertiary/aromatic N) is 2. The fourth-order valence-electron chi connectivity index (χ4n) is 1.85. The number of benzene rings is 1. The van der Waals surface area contributed by atoms with E-state index in [1.54, 1.807) is 44.8 Å². The van der Waals surface area contributed by atoms with Crippen molar-refractivity contribution in [3.05, 3.63) is 42.7 Å². The predicted molar refractivity (Wildman–Crippen MR) is 105 cm³/mol. The number of nitrogens with two attached hydrogens (primary N) is 1. The fourth-order valence-corrected chi connectivity index (χ4v) is 1.85. The standard InChI is InChI=1S/C16H20N4O3.HI/c1-21-12-5-6-15(22-2)14(10-12)20-16(17)19-8-9-23-13-4-3-7-18-11-13;/h3-7,10-11H,8-9H2,1-2H3,(H3,17,19,20);1H. The third-order valence-electron chi connectivity index (χ3n) is 2.95. The van der Waals surface area contributed by atoms with E-state index in [1.165, 1.54) is 0 Å². The van der Waals surface area contributed by atoms with E-state index < -0.39 is 0 Å². The molecule has 1 heterocycles. The van der Waals surface area contributed by atoms with Crippen LogP contribution < -0.4 is 25.3 Å². The Kier molecular flexibility index (Phi) is 8.69. The van der Waals surface area contributed by atoms with Gasteiger partial charge in [-0.1, -0.05) is 0 Å². The summed E-state index contributed by atoms with van der Waals surface area (Å²) in [5.41, 5.74) is 6.56. The number of hydrogen-bond donors (Lipinski definition) is 2. The van der Waals surface area contributed by atoms with Gasteiger partial charge in [-0.2, -0.15) is 0 Å². The van der Waals surface area contributed by atoms with Gasteiger partial charge in [-0.3, -0.25) is 4.98 Å². The van der Waals surface area contributed by atoms with Gasteiger partial charge in [0.15, 0.2) is 5.96 Å². The van der Waals surface area contributed by atoms with Crippen molar-refractivity contribution in [2.45, 2.75) is 0 Å². The Bertz CT molecular complexity index is 653. The average molecular weight is 444 g/mol. The Morgan fingerprint density at radius 3 is 2.71 bits per heavy atom. The molecule has 0 amide bonds. The summed E-state index contributed by atoms with van der Waals surface area (Å²) in [6.45, 7) is 0.823. The van der Waals surface area contributed by atoms with Crippen LogP contribution in [-0.2, 0) is 0 Å². The second-order valence-electron chi connectivity index (χ2n) is 4.50. The molecule has 2 rings (SSSR count). The van der Waals surface area contributed by atoms with Crippen LogP contribution in [0.3, 0.4) is 0 Å². The minimum Gasteiger partial charge on any atom is -0.497 e. The van der Waals surface area contributed by atoms with Crippen molar-refractivity contribution in [3.8, 4) is 17.2 Å². The number of halogens is 1. The maximum absolute atomic E-state index is 5.87. The SMILES string of the molecule is COc1ccc(OC)c(NC(N)=NCCOc2cccnc2)c1.I. The highest BCUT2D eigenvalue weighted by Gasteiger charge is 2.05. The number of anilines is 1. The normalized spacial score (nSPS) is 10.5. The molecule has 0 atom stereocenters. The van der Waals surface area contributed by atoms with E-state index >= 15 is 0 Å². The van der Waals surface area contributed by atoms with Crippen LogP contribution in [0, 0.1) is 0 Å². The summed E-state index contributed by atoms with van der Waals surface area (Å²) in [6, 6.07) is 9.02. The average Bonchev–Trinajstić information content (AvgIpc) is 2.59. The van der Waals surface area contributed by atoms with Crippen LogP contribution in [0.5, 0.6) is 17.2 Å². The van der Waals surface area contributed by atoms with Gasteiger partial charge >= 0.3 is 0 Å². The molecule has 0 saturated heterocycles. The van der Waals surface area contributed by atoms with E-state index in [0.29, 0.717) is 36.1 Å². The number of methoxy groups -OCH3 is 2. The molecule has 2 aromatic rings. The summed E-state index contributed by atoms with van der Waals surface area (Å²) in [5.74, 6) is 2.31. The van der Waals surface area contributed by atoms with Crippen LogP contribution in [-0.4, -0.2) is 38.3 Å². The number of ether oxygens (including phenoxy) is 3. The van der Waals surface area contributed by atoms with Gasteiger partial charge in [-0.15, -0.1) is 24.0 Å². The van der Waals surface area contributed by atoms with Gasteiger partial charge in [0.1, 0.15) is 23.9 Å². The Morgan fingerprint density at radius 1 is 1.21 bits per heavy atom. The summed E-state index contributed by atoms with van der Waals surface area (Å²) in [6.07, 6.45) is 3.33. The van der Waals surface area contributed by atoms with E-state index in [4.69, 9.17) is 19.9 Å². The molecule has 0 aliphatic rings. The predicted octanol–water partition coefficient (Wildman–Crippen LogP) is 2.52. The molecule has 0 fully saturated rings. The lowest BCUT2D eigenvalue weighted by molar-refractivity contribution is 0.327. The fraction of sp³-hybridized carbons (Fsp3) is 0.250. The Labute approximate surface area is 158 Å². The molecule has 3 N–H and O–H groups in total. The van der Waals surface area contributed by atoms with Gasteiger partial charge in [-0.05, 0) is 24.3 Å². The first-order valence-corrected chi connectivity index (χ1v) is 7.04. The number of rotatable bonds is 7. The molecule has 0 unspecified atom stereocenters. The van der Waals surface area contributed by atoms with Gasteiger partial charge in [0.05, 0.1) is 32.6 Å². The van der Waals surface area contributed by atoms with Crippen LogP contribution in [0.4, 0.5) is 5.69 Å². The highest BCUT2D eigenvalue weighted by atomic mass is 127. The van der Waals surface area contributed by atoms with Gasteiger partial charge in [0.2, 0.25) is 0 Å². The Hall–Kier alpha value is -2.23. The molecule has 0 bridgehead atoms. The Balaban J connectivity index is 0.00000288. The lowest BCUT2D eigenvalue weighted by Gasteiger charge is -2.12. The first-order valence-electron chi connectivity index (χ1n) is 7.04. The van der Waals surface area contributed by atoms with Gasteiger partial charge in [0.25, 0.3) is 0 Å². The second-order valence-corrected chi connectivity index (χ2v) is 4.50. The molecule has 0 radical (unpaired) electrons. The zero-order valence-corrected chi connectivity index (χ0v) is 15.9. The summed E-state index contributed by atoms with van der Waals surface area (Å²) in [5, 5.41) is 2.99. The molecule has 8 heteroatoms. The third kappa shape index (κ3) is 6.11. The first kappa shape index (κ1) is 19.8. The van der Waals surface area contributed by atoms with Crippen molar-refractivity contribution < 1.29 is 14.2 Å². The molecule has 1 aromatic carbocycles. The van der Waals surface area contributed by atoms with Crippen molar-refractivity contribution >= 4 is 35.6 Å². The number of nitrogens with one attached hydrogen (secondary N) is 1. The van der Waals surface area contributed by atoms with Crippen LogP contribution in [0.25, 0.3) is 0 Å². The van der Waals surface area contributed by atoms with E-state index in [0.717, 1.165) is 0 Å². The molecule has 0 saturated carbocycles. The topological polar surface area (TPSA) is 91.0 Å². The number of guanidine groups is 1. The highest BCUT2D eigenvalue weighted by Crippen LogP contribution is 2.28. The molecule has 0 aliphatic carbocycles. The highest BCUT2D eigenvalue weighted by molar-refractivity contribution is 14.0. The number of aromatic nitrogens is 1. The lowest BCUT2D eigenvalue weighted by atomic mass is 10.2. The molecular weight excluding hydrogens is 423 g/mol. The summed E-state index contributed by atoms with van der Waals surface area (Å²) < 4.78 is 15.9. The zero-order valence-electron chi connectivity index (χ0n) is 13.6. The molecule has 1 aromatic heterocycles. The minimum absolute atomic E-state index is 0. The molecule has 130 valence electrons. The maximum atomic E-state index is 5.87. The van der Waals surface area contributed by atoms with Crippen LogP contribution >= 0.6 is 24.0 Å². The van der Waals surface area contributed by atoms with Crippen molar-refractivity contribution in [1.29, 1.82) is 0 Å². The van der Waals surface area contributed by atoms with E-state index in [2.05, 4.69) is 15.3 Å². The molecular formula is C16H21IN4O3. The molecule has 0 spiro atoms. The van der Waals surface area contributed by atoms with Crippen molar-refractivity contribution in [2.24, 2.45) is 10.7 Å². The van der Waals surface area contributed by atoms with Gasteiger partial charge in [0, 0.05) is 12.3 Å². The van der Waals surface area contributed by atoms with Crippen molar-refractivity contribution in [1.82, 2.24) is 4.98 Å². The largest absolute Gasteiger partial charge is 0.497 e. The smallest absolute Gasteiger partial charge is 0.193 e. The molecule has 0 aliphatic heterocycles. The number of aliphatic imine (C=N–C) groups is 1. The molecule has 24 heavy (non-hydrogen) atoms. The lowest BCUT2D eigenvalue weighted by Crippen LogP contribution is -2.24. The first-order chi connectivity index (χ1) is 11.2. The minimum atomic E-state index is 0. The van der Waals surface area contributed by atoms with Crippen LogP contribution in [0.1, 0.15) is 0 Å². The van der Waals surface area contributed by atoms with Crippen LogP contribution in [0.2, 0.25) is 0 Å². The summed E-state index contributed by atoms with van der Waals surface area (Å²) >= 11 is 0. The van der Waals surface area contributed by atoms with E-state index in [-0.39, 0.29) is 29.9 Å². The second kappa shape index (κ2) is 10.5. The zero-order chi connectivity index (χ0) is 16.5. The maximum Gasteiger partial charge on any atom is 0.193 e. The number of pyridine rings is 1. The monoisotopic (exact) mass is 444 g/mol. The van der Waals surface area contributed by atoms with Crippen molar-refractivity contribution in [2.75, 3.05) is 32.7 Å². The number of hydrogen-bond acceptors (Lipinski definition) is 5. The van der Waals surface area contributed by atoms with Crippen LogP contribution in [0.15, 0.2) is 47.7 Å². The quantitative estimate of drug-likeness (QED) is 0.295. The summed E-state index contributed by atoms with van der Waals surface area (Å²) in [4.78, 5) is 8.17. The third-order valence-corrected chi connectivity index (χ3v) is 2.95. The summed E-state index contributed by atoms with van der Waals surface area (Å²) in [7, 11) is 3.18. The van der Waals surface area contributed by atoms with Gasteiger partial charge < -0.3 is 25.3 Å². The Morgan fingerprint density at radius 2 is 2.04 bits per heavy atom. The van der Waals surface area contributed by atoms with Gasteiger partial charge in [-0.25, -0.2) is 4.99 Å². The van der Waals surface area contributed by atoms with Crippen molar-refractivity contribution in [3.63, 3.8) is 0 Å².